The van der Waals surface area contributed by atoms with Crippen LogP contribution in [0.4, 0.5) is 5.69 Å². The van der Waals surface area contributed by atoms with Gasteiger partial charge < -0.3 is 14.7 Å². The molecule has 2 N–H and O–H groups in total. The molecule has 0 spiro atoms. The second kappa shape index (κ2) is 12.5. The van der Waals surface area contributed by atoms with Gasteiger partial charge in [-0.1, -0.05) is 36.7 Å². The first-order valence-corrected chi connectivity index (χ1v) is 16.4. The zero-order valence-electron chi connectivity index (χ0n) is 23.0. The summed E-state index contributed by atoms with van der Waals surface area (Å²) in [4.78, 5) is 15.5. The van der Waals surface area contributed by atoms with Crippen LogP contribution in [0.25, 0.3) is 0 Å². The molecule has 7 nitrogen and oxygen atoms in total. The van der Waals surface area contributed by atoms with Crippen LogP contribution in [0.5, 0.6) is 5.75 Å². The van der Waals surface area contributed by atoms with E-state index >= 15 is 0 Å². The maximum absolute atomic E-state index is 13.3. The monoisotopic (exact) mass is 586 g/mol. The third kappa shape index (κ3) is 6.50. The average Bonchev–Trinajstić information content (AvgIpc) is 2.93. The standard InChI is InChI=1S/C31H39ClN2O5S/c1-2-26-8-3-4-9-29(35)27-14-11-23(27)19-34-16-6-5-7-21-17-25(32)13-10-24(21)20-39-30-15-12-22(18-28(30)34)31(36)33-40(26,37)38/h4,9-10,12-13,15,17-18,23,26-27,29,35H,2-3,5-8,11,14,16,19-20H2,1H3,(H,33,36)/b9-4+/t23-,26+,27+,29-/m0/s1. The van der Waals surface area contributed by atoms with Crippen molar-refractivity contribution in [2.45, 2.75) is 76.3 Å². The number of nitrogens with zero attached hydrogens (tertiary/aromatic N) is 1. The maximum Gasteiger partial charge on any atom is 0.264 e. The van der Waals surface area contributed by atoms with Crippen LogP contribution in [0.3, 0.4) is 0 Å². The average molecular weight is 587 g/mol. The van der Waals surface area contributed by atoms with Gasteiger partial charge in [0, 0.05) is 23.7 Å². The molecule has 1 aliphatic carbocycles. The summed E-state index contributed by atoms with van der Waals surface area (Å²) in [5.41, 5.74) is 3.31. The number of nitrogens with one attached hydrogen (secondary N) is 1. The van der Waals surface area contributed by atoms with Crippen molar-refractivity contribution in [2.24, 2.45) is 11.8 Å². The molecule has 1 fully saturated rings. The minimum atomic E-state index is -3.87. The zero-order valence-corrected chi connectivity index (χ0v) is 24.6. The van der Waals surface area contributed by atoms with Gasteiger partial charge in [0.15, 0.2) is 0 Å². The van der Waals surface area contributed by atoms with Gasteiger partial charge >= 0.3 is 0 Å². The minimum absolute atomic E-state index is 0.148. The molecule has 0 unspecified atom stereocenters. The fourth-order valence-electron chi connectivity index (χ4n) is 6.14. The van der Waals surface area contributed by atoms with Gasteiger partial charge in [-0.2, -0.15) is 0 Å². The van der Waals surface area contributed by atoms with Gasteiger partial charge in [0.1, 0.15) is 12.4 Å². The van der Waals surface area contributed by atoms with Crippen molar-refractivity contribution in [3.05, 3.63) is 70.3 Å². The molecular formula is C31H39ClN2O5S. The Labute approximate surface area is 242 Å². The number of amides is 1. The normalized spacial score (nSPS) is 28.0. The molecule has 2 bridgehead atoms. The number of ether oxygens (including phenoxy) is 1. The van der Waals surface area contributed by atoms with Crippen LogP contribution in [0, 0.1) is 11.8 Å². The number of aliphatic hydroxyl groups is 1. The lowest BCUT2D eigenvalue weighted by Gasteiger charge is -2.42. The van der Waals surface area contributed by atoms with Gasteiger partial charge in [-0.25, -0.2) is 13.1 Å². The Kier molecular flexibility index (Phi) is 9.08. The van der Waals surface area contributed by atoms with Gasteiger partial charge in [-0.15, -0.1) is 0 Å². The third-order valence-electron chi connectivity index (χ3n) is 8.73. The fourth-order valence-corrected chi connectivity index (χ4v) is 7.77. The largest absolute Gasteiger partial charge is 0.487 e. The molecule has 4 atom stereocenters. The van der Waals surface area contributed by atoms with Crippen molar-refractivity contribution in [1.29, 1.82) is 0 Å². The van der Waals surface area contributed by atoms with E-state index in [1.54, 1.807) is 18.2 Å². The number of sulfonamides is 1. The Hall–Kier alpha value is -2.55. The number of fused-ring (bicyclic) bond motifs is 3. The minimum Gasteiger partial charge on any atom is -0.487 e. The van der Waals surface area contributed by atoms with Crippen LogP contribution >= 0.6 is 11.6 Å². The van der Waals surface area contributed by atoms with Gasteiger partial charge in [0.2, 0.25) is 10.0 Å². The second-order valence-electron chi connectivity index (χ2n) is 11.3. The van der Waals surface area contributed by atoms with Gasteiger partial charge in [-0.3, -0.25) is 4.79 Å². The van der Waals surface area contributed by atoms with E-state index in [0.717, 1.165) is 56.4 Å². The van der Waals surface area contributed by atoms with Gasteiger partial charge in [0.05, 0.1) is 17.0 Å². The number of hydrogen-bond acceptors (Lipinski definition) is 6. The van der Waals surface area contributed by atoms with Crippen LogP contribution in [0.1, 0.15) is 73.4 Å². The highest BCUT2D eigenvalue weighted by Crippen LogP contribution is 2.41. The predicted molar refractivity (Wildman–Crippen MR) is 158 cm³/mol. The molecule has 5 rings (SSSR count). The summed E-state index contributed by atoms with van der Waals surface area (Å²) < 4.78 is 34.9. The van der Waals surface area contributed by atoms with Crippen molar-refractivity contribution in [3.63, 3.8) is 0 Å². The van der Waals surface area contributed by atoms with Crippen molar-refractivity contribution >= 4 is 33.2 Å². The Morgan fingerprint density at radius 3 is 2.73 bits per heavy atom. The molecule has 2 aromatic rings. The molecule has 9 heteroatoms. The summed E-state index contributed by atoms with van der Waals surface area (Å²) >= 11 is 6.29. The van der Waals surface area contributed by atoms with Crippen molar-refractivity contribution in [1.82, 2.24) is 4.72 Å². The van der Waals surface area contributed by atoms with Gasteiger partial charge in [0.25, 0.3) is 5.91 Å². The Morgan fingerprint density at radius 2 is 1.95 bits per heavy atom. The van der Waals surface area contributed by atoms with E-state index in [1.165, 1.54) is 5.56 Å². The number of carbonyl (C=O) groups is 1. The topological polar surface area (TPSA) is 95.9 Å². The molecule has 216 valence electrons. The van der Waals surface area contributed by atoms with Crippen LogP contribution in [0.15, 0.2) is 48.6 Å². The zero-order chi connectivity index (χ0) is 28.3. The highest BCUT2D eigenvalue weighted by Gasteiger charge is 2.37. The fraction of sp³-hybridized carbons (Fsp3) is 0.516. The van der Waals surface area contributed by atoms with Crippen LogP contribution < -0.4 is 14.4 Å². The first-order chi connectivity index (χ1) is 19.2. The molecule has 0 saturated heterocycles. The summed E-state index contributed by atoms with van der Waals surface area (Å²) in [5, 5.41) is 11.0. The smallest absolute Gasteiger partial charge is 0.264 e. The summed E-state index contributed by atoms with van der Waals surface area (Å²) in [5.74, 6) is 0.472. The first kappa shape index (κ1) is 29.0. The Balaban J connectivity index is 1.53. The highest BCUT2D eigenvalue weighted by atomic mass is 35.5. The lowest BCUT2D eigenvalue weighted by atomic mass is 9.70. The third-order valence-corrected chi connectivity index (χ3v) is 10.9. The molecule has 40 heavy (non-hydrogen) atoms. The van der Waals surface area contributed by atoms with Crippen molar-refractivity contribution in [2.75, 3.05) is 18.0 Å². The molecular weight excluding hydrogens is 548 g/mol. The summed E-state index contributed by atoms with van der Waals surface area (Å²) in [6.45, 7) is 3.65. The lowest BCUT2D eigenvalue weighted by Crippen LogP contribution is -2.43. The number of allylic oxidation sites excluding steroid dienone is 1. The van der Waals surface area contributed by atoms with Crippen LogP contribution in [0.2, 0.25) is 5.02 Å². The molecule has 2 aliphatic heterocycles. The van der Waals surface area contributed by atoms with E-state index in [4.69, 9.17) is 16.3 Å². The number of carbonyl (C=O) groups excluding carboxylic acids is 1. The van der Waals surface area contributed by atoms with Crippen LogP contribution in [-0.2, 0) is 23.1 Å². The number of hydrogen-bond donors (Lipinski definition) is 2. The molecule has 2 heterocycles. The van der Waals surface area contributed by atoms with Crippen molar-refractivity contribution in [3.8, 4) is 5.75 Å². The number of rotatable bonds is 1. The maximum atomic E-state index is 13.3. The highest BCUT2D eigenvalue weighted by molar-refractivity contribution is 7.90. The molecule has 0 radical (unpaired) electrons. The Bertz CT molecular complexity index is 1360. The van der Waals surface area contributed by atoms with E-state index in [-0.39, 0.29) is 11.5 Å². The van der Waals surface area contributed by atoms with E-state index < -0.39 is 27.3 Å². The number of halogens is 1. The number of aliphatic hydroxyl groups excluding tert-OH is 1. The quantitative estimate of drug-likeness (QED) is 0.420. The summed E-state index contributed by atoms with van der Waals surface area (Å²) in [7, 11) is -3.87. The van der Waals surface area contributed by atoms with E-state index in [1.807, 2.05) is 37.3 Å². The number of anilines is 1. The number of benzene rings is 2. The summed E-state index contributed by atoms with van der Waals surface area (Å²) in [6.07, 6.45) is 9.22. The van der Waals surface area contributed by atoms with E-state index in [2.05, 4.69) is 9.62 Å². The molecule has 3 aliphatic rings. The predicted octanol–water partition coefficient (Wildman–Crippen LogP) is 5.64. The lowest BCUT2D eigenvalue weighted by molar-refractivity contribution is 0.0461. The SMILES string of the molecule is CC[C@@H]1CC/C=C/[C@H](O)[C@@H]2CC[C@H]2CN2CCCCc3cc(Cl)ccc3COc3ccc(cc32)C(=O)NS1(=O)=O. The first-order valence-electron chi connectivity index (χ1n) is 14.4. The van der Waals surface area contributed by atoms with Crippen molar-refractivity contribution < 1.29 is 23.1 Å². The molecule has 0 aromatic heterocycles. The molecule has 1 saturated carbocycles. The van der Waals surface area contributed by atoms with E-state index in [0.29, 0.717) is 42.6 Å². The van der Waals surface area contributed by atoms with E-state index in [9.17, 15) is 18.3 Å². The Morgan fingerprint density at radius 1 is 1.10 bits per heavy atom. The summed E-state index contributed by atoms with van der Waals surface area (Å²) in [6, 6.07) is 11.0. The second-order valence-corrected chi connectivity index (χ2v) is 13.7. The number of aryl methyl sites for hydroxylation is 1. The van der Waals surface area contributed by atoms with Crippen LogP contribution in [-0.4, -0.2) is 43.9 Å². The molecule has 1 amide bonds. The van der Waals surface area contributed by atoms with Gasteiger partial charge in [-0.05, 0) is 105 Å². The molecule has 2 aromatic carbocycles.